The van der Waals surface area contributed by atoms with Gasteiger partial charge in [-0.15, -0.1) is 5.10 Å². The van der Waals surface area contributed by atoms with Gasteiger partial charge in [0.2, 0.25) is 5.16 Å². The van der Waals surface area contributed by atoms with Crippen molar-refractivity contribution in [2.45, 2.75) is 23.7 Å². The predicted molar refractivity (Wildman–Crippen MR) is 77.1 cm³/mol. The Bertz CT molecular complexity index is 532. The highest BCUT2D eigenvalue weighted by molar-refractivity contribution is 9.10. The lowest BCUT2D eigenvalue weighted by molar-refractivity contribution is -0.113. The maximum absolute atomic E-state index is 5.14. The summed E-state index contributed by atoms with van der Waals surface area (Å²) in [5.41, 5.74) is 0.961. The summed E-state index contributed by atoms with van der Waals surface area (Å²) in [5, 5.41) is 12.3. The summed E-state index contributed by atoms with van der Waals surface area (Å²) in [7, 11) is 3.16. The fourth-order valence-electron chi connectivity index (χ4n) is 1.43. The summed E-state index contributed by atoms with van der Waals surface area (Å²) in [6.07, 6.45) is 1.40. The molecule has 0 saturated carbocycles. The van der Waals surface area contributed by atoms with Crippen molar-refractivity contribution in [3.63, 3.8) is 0 Å². The Balaban J connectivity index is 1.96. The van der Waals surface area contributed by atoms with E-state index in [1.807, 2.05) is 12.1 Å². The molecular formula is C11H14BrN5O2S. The molecule has 108 valence electrons. The maximum Gasteiger partial charge on any atom is 0.209 e. The zero-order valence-corrected chi connectivity index (χ0v) is 13.5. The van der Waals surface area contributed by atoms with E-state index < -0.39 is 0 Å². The number of hydrogen-bond donors (Lipinski definition) is 0. The first kappa shape index (κ1) is 15.4. The van der Waals surface area contributed by atoms with Crippen molar-refractivity contribution in [2.75, 3.05) is 14.2 Å². The number of tetrazole rings is 1. The first-order chi connectivity index (χ1) is 9.72. The summed E-state index contributed by atoms with van der Waals surface area (Å²) in [6.45, 7) is 0.441. The van der Waals surface area contributed by atoms with Gasteiger partial charge in [0.15, 0.2) is 6.29 Å². The predicted octanol–water partition coefficient (Wildman–Crippen LogP) is 1.74. The van der Waals surface area contributed by atoms with Crippen molar-refractivity contribution in [2.24, 2.45) is 0 Å². The second-order valence-corrected chi connectivity index (χ2v) is 5.66. The van der Waals surface area contributed by atoms with Crippen LogP contribution in [0.15, 0.2) is 28.0 Å². The molecule has 0 aromatic carbocycles. The van der Waals surface area contributed by atoms with E-state index in [1.165, 1.54) is 11.8 Å². The van der Waals surface area contributed by atoms with Gasteiger partial charge in [-0.1, -0.05) is 11.8 Å². The molecule has 2 heterocycles. The van der Waals surface area contributed by atoms with Gasteiger partial charge < -0.3 is 9.47 Å². The minimum Gasteiger partial charge on any atom is -0.354 e. The van der Waals surface area contributed by atoms with Gasteiger partial charge in [0, 0.05) is 30.6 Å². The van der Waals surface area contributed by atoms with E-state index >= 15 is 0 Å². The third-order valence-corrected chi connectivity index (χ3v) is 3.94. The fraction of sp³-hybridized carbons (Fsp3) is 0.455. The van der Waals surface area contributed by atoms with E-state index in [1.54, 1.807) is 25.1 Å². The highest BCUT2D eigenvalue weighted by atomic mass is 79.9. The number of pyridine rings is 1. The number of nitrogens with zero attached hydrogens (tertiary/aromatic N) is 5. The Morgan fingerprint density at radius 2 is 2.15 bits per heavy atom. The van der Waals surface area contributed by atoms with E-state index in [0.29, 0.717) is 17.5 Å². The first-order valence-electron chi connectivity index (χ1n) is 5.78. The fourth-order valence-corrected chi connectivity index (χ4v) is 2.47. The minimum absolute atomic E-state index is 0.372. The topological polar surface area (TPSA) is 75.0 Å². The molecule has 0 aliphatic rings. The highest BCUT2D eigenvalue weighted by Crippen LogP contribution is 2.20. The molecule has 0 radical (unpaired) electrons. The van der Waals surface area contributed by atoms with Crippen LogP contribution in [0, 0.1) is 0 Å². The molecule has 2 aromatic heterocycles. The number of methoxy groups -OCH3 is 2. The quantitative estimate of drug-likeness (QED) is 0.550. The molecular weight excluding hydrogens is 346 g/mol. The van der Waals surface area contributed by atoms with Gasteiger partial charge in [0.1, 0.15) is 0 Å². The van der Waals surface area contributed by atoms with Crippen LogP contribution in [0.4, 0.5) is 0 Å². The van der Waals surface area contributed by atoms with E-state index in [0.717, 1.165) is 10.2 Å². The van der Waals surface area contributed by atoms with E-state index in [-0.39, 0.29) is 6.29 Å². The third-order valence-electron chi connectivity index (χ3n) is 2.48. The van der Waals surface area contributed by atoms with E-state index in [2.05, 4.69) is 36.4 Å². The monoisotopic (exact) mass is 359 g/mol. The van der Waals surface area contributed by atoms with E-state index in [4.69, 9.17) is 9.47 Å². The molecule has 2 rings (SSSR count). The second kappa shape index (κ2) is 7.67. The Kier molecular flexibility index (Phi) is 5.89. The molecule has 0 fully saturated rings. The van der Waals surface area contributed by atoms with Gasteiger partial charge in [-0.05, 0) is 38.5 Å². The van der Waals surface area contributed by atoms with Gasteiger partial charge >= 0.3 is 0 Å². The molecule has 0 atom stereocenters. The lowest BCUT2D eigenvalue weighted by atomic mass is 10.4. The van der Waals surface area contributed by atoms with Crippen LogP contribution in [-0.2, 0) is 21.8 Å². The van der Waals surface area contributed by atoms with Crippen molar-refractivity contribution < 1.29 is 9.47 Å². The SMILES string of the molecule is COC(Cn1nnnc1SCc1ccc(Br)cn1)OC. The highest BCUT2D eigenvalue weighted by Gasteiger charge is 2.13. The average molecular weight is 360 g/mol. The van der Waals surface area contributed by atoms with Crippen LogP contribution >= 0.6 is 27.7 Å². The lowest BCUT2D eigenvalue weighted by Gasteiger charge is -2.13. The molecule has 0 unspecified atom stereocenters. The van der Waals surface area contributed by atoms with Gasteiger partial charge in [-0.3, -0.25) is 4.98 Å². The number of hydrogen-bond acceptors (Lipinski definition) is 7. The summed E-state index contributed by atoms with van der Waals surface area (Å²) in [5.74, 6) is 0.693. The molecule has 7 nitrogen and oxygen atoms in total. The van der Waals surface area contributed by atoms with Crippen molar-refractivity contribution in [3.8, 4) is 0 Å². The Labute approximate surface area is 129 Å². The molecule has 0 bridgehead atoms. The molecule has 0 aliphatic carbocycles. The number of ether oxygens (including phenoxy) is 2. The van der Waals surface area contributed by atoms with Crippen LogP contribution in [0.3, 0.4) is 0 Å². The van der Waals surface area contributed by atoms with Crippen LogP contribution in [0.25, 0.3) is 0 Å². The van der Waals surface area contributed by atoms with Crippen LogP contribution in [0.1, 0.15) is 5.69 Å². The Morgan fingerprint density at radius 3 is 2.80 bits per heavy atom. The molecule has 0 saturated heterocycles. The largest absolute Gasteiger partial charge is 0.354 e. The van der Waals surface area contributed by atoms with Crippen molar-refractivity contribution in [3.05, 3.63) is 28.5 Å². The first-order valence-corrected chi connectivity index (χ1v) is 7.55. The molecule has 9 heteroatoms. The summed E-state index contributed by atoms with van der Waals surface area (Å²) >= 11 is 4.87. The zero-order valence-electron chi connectivity index (χ0n) is 11.1. The van der Waals surface area contributed by atoms with Crippen molar-refractivity contribution in [1.82, 2.24) is 25.2 Å². The van der Waals surface area contributed by atoms with Gasteiger partial charge in [0.05, 0.1) is 12.2 Å². The maximum atomic E-state index is 5.14. The normalized spacial score (nSPS) is 11.2. The molecule has 2 aromatic rings. The summed E-state index contributed by atoms with van der Waals surface area (Å²) in [6, 6.07) is 3.91. The standard InChI is InChI=1S/C11H14BrN5O2S/c1-18-10(19-2)6-17-11(14-15-16-17)20-7-9-4-3-8(12)5-13-9/h3-5,10H,6-7H2,1-2H3. The number of rotatable bonds is 7. The second-order valence-electron chi connectivity index (χ2n) is 3.80. The number of thioether (sulfide) groups is 1. The summed E-state index contributed by atoms with van der Waals surface area (Å²) < 4.78 is 12.9. The van der Waals surface area contributed by atoms with Crippen LogP contribution in [0.5, 0.6) is 0 Å². The number of aromatic nitrogens is 5. The lowest BCUT2D eigenvalue weighted by Crippen LogP contribution is -2.21. The molecule has 20 heavy (non-hydrogen) atoms. The van der Waals surface area contributed by atoms with Crippen LogP contribution in [0.2, 0.25) is 0 Å². The van der Waals surface area contributed by atoms with Gasteiger partial charge in [-0.2, -0.15) is 0 Å². The van der Waals surface area contributed by atoms with Crippen LogP contribution < -0.4 is 0 Å². The summed E-state index contributed by atoms with van der Waals surface area (Å²) in [4.78, 5) is 4.31. The van der Waals surface area contributed by atoms with Crippen molar-refractivity contribution in [1.29, 1.82) is 0 Å². The molecule has 0 spiro atoms. The molecule has 0 aliphatic heterocycles. The van der Waals surface area contributed by atoms with Crippen molar-refractivity contribution >= 4 is 27.7 Å². The third kappa shape index (κ3) is 4.23. The zero-order chi connectivity index (χ0) is 14.4. The number of halogens is 1. The van der Waals surface area contributed by atoms with E-state index in [9.17, 15) is 0 Å². The van der Waals surface area contributed by atoms with Gasteiger partial charge in [-0.25, -0.2) is 4.68 Å². The molecule has 0 amide bonds. The Hall–Kier alpha value is -1.03. The van der Waals surface area contributed by atoms with Gasteiger partial charge in [0.25, 0.3) is 0 Å². The van der Waals surface area contributed by atoms with Crippen LogP contribution in [-0.4, -0.2) is 45.7 Å². The average Bonchev–Trinajstić information content (AvgIpc) is 2.91. The Morgan fingerprint density at radius 1 is 1.35 bits per heavy atom. The minimum atomic E-state index is -0.372. The smallest absolute Gasteiger partial charge is 0.209 e. The molecule has 0 N–H and O–H groups in total.